The second-order valence-corrected chi connectivity index (χ2v) is 4.80. The zero-order chi connectivity index (χ0) is 13.7. The van der Waals surface area contributed by atoms with Crippen LogP contribution < -0.4 is 4.90 Å². The van der Waals surface area contributed by atoms with Gasteiger partial charge in [0, 0.05) is 38.9 Å². The Morgan fingerprint density at radius 1 is 1.37 bits per heavy atom. The molecule has 0 saturated carbocycles. The number of anilines is 1. The molecule has 1 aromatic rings. The SMILES string of the molecule is COC(=O)CCN1CCN(c2ncccc2C)CC1. The van der Waals surface area contributed by atoms with Gasteiger partial charge in [-0.05, 0) is 18.6 Å². The van der Waals surface area contributed by atoms with Gasteiger partial charge in [-0.15, -0.1) is 0 Å². The van der Waals surface area contributed by atoms with Crippen molar-refractivity contribution in [2.75, 3.05) is 44.7 Å². The van der Waals surface area contributed by atoms with Crippen LogP contribution in [0, 0.1) is 6.92 Å². The molecule has 0 amide bonds. The van der Waals surface area contributed by atoms with Crippen LogP contribution in [-0.2, 0) is 9.53 Å². The molecule has 0 bridgehead atoms. The van der Waals surface area contributed by atoms with Crippen molar-refractivity contribution in [3.05, 3.63) is 23.9 Å². The van der Waals surface area contributed by atoms with Crippen LogP contribution in [0.25, 0.3) is 0 Å². The summed E-state index contributed by atoms with van der Waals surface area (Å²) in [5.74, 6) is 0.943. The van der Waals surface area contributed by atoms with Gasteiger partial charge < -0.3 is 9.64 Å². The third-order valence-electron chi connectivity index (χ3n) is 3.51. The zero-order valence-electron chi connectivity index (χ0n) is 11.6. The van der Waals surface area contributed by atoms with E-state index in [2.05, 4.69) is 32.5 Å². The molecule has 1 aliphatic heterocycles. The largest absolute Gasteiger partial charge is 0.469 e. The number of piperazine rings is 1. The number of rotatable bonds is 4. The molecule has 0 atom stereocenters. The first-order valence-corrected chi connectivity index (χ1v) is 6.66. The molecule has 104 valence electrons. The van der Waals surface area contributed by atoms with Crippen molar-refractivity contribution in [1.82, 2.24) is 9.88 Å². The number of pyridine rings is 1. The first-order chi connectivity index (χ1) is 9.20. The van der Waals surface area contributed by atoms with Crippen molar-refractivity contribution in [2.45, 2.75) is 13.3 Å². The van der Waals surface area contributed by atoms with E-state index in [0.29, 0.717) is 6.42 Å². The number of aromatic nitrogens is 1. The topological polar surface area (TPSA) is 45.7 Å². The molecule has 0 radical (unpaired) electrons. The number of hydrogen-bond acceptors (Lipinski definition) is 5. The lowest BCUT2D eigenvalue weighted by molar-refractivity contribution is -0.141. The molecule has 0 unspecified atom stereocenters. The lowest BCUT2D eigenvalue weighted by Crippen LogP contribution is -2.47. The molecule has 1 fully saturated rings. The van der Waals surface area contributed by atoms with Crippen LogP contribution >= 0.6 is 0 Å². The van der Waals surface area contributed by atoms with Crippen LogP contribution in [0.4, 0.5) is 5.82 Å². The van der Waals surface area contributed by atoms with Gasteiger partial charge in [0.15, 0.2) is 0 Å². The smallest absolute Gasteiger partial charge is 0.306 e. The van der Waals surface area contributed by atoms with E-state index >= 15 is 0 Å². The van der Waals surface area contributed by atoms with Gasteiger partial charge in [0.25, 0.3) is 0 Å². The van der Waals surface area contributed by atoms with Crippen molar-refractivity contribution in [1.29, 1.82) is 0 Å². The van der Waals surface area contributed by atoms with E-state index in [1.54, 1.807) is 0 Å². The quantitative estimate of drug-likeness (QED) is 0.761. The van der Waals surface area contributed by atoms with Crippen LogP contribution in [0.2, 0.25) is 0 Å². The standard InChI is InChI=1S/C14H21N3O2/c1-12-4-3-6-15-14(12)17-10-8-16(9-11-17)7-5-13(18)19-2/h3-4,6H,5,7-11H2,1-2H3. The van der Waals surface area contributed by atoms with Crippen molar-refractivity contribution in [3.63, 3.8) is 0 Å². The Balaban J connectivity index is 1.83. The Kier molecular flexibility index (Phi) is 4.74. The highest BCUT2D eigenvalue weighted by atomic mass is 16.5. The molecule has 1 saturated heterocycles. The highest BCUT2D eigenvalue weighted by molar-refractivity contribution is 5.69. The van der Waals surface area contributed by atoms with E-state index in [0.717, 1.165) is 38.5 Å². The lowest BCUT2D eigenvalue weighted by Gasteiger charge is -2.35. The van der Waals surface area contributed by atoms with E-state index in [9.17, 15) is 4.79 Å². The van der Waals surface area contributed by atoms with Crippen molar-refractivity contribution in [2.24, 2.45) is 0 Å². The summed E-state index contributed by atoms with van der Waals surface area (Å²) in [5, 5.41) is 0. The second-order valence-electron chi connectivity index (χ2n) is 4.80. The second kappa shape index (κ2) is 6.52. The summed E-state index contributed by atoms with van der Waals surface area (Å²) >= 11 is 0. The van der Waals surface area contributed by atoms with Crippen molar-refractivity contribution in [3.8, 4) is 0 Å². The number of carbonyl (C=O) groups excluding carboxylic acids is 1. The summed E-state index contributed by atoms with van der Waals surface area (Å²) in [6, 6.07) is 4.05. The fraction of sp³-hybridized carbons (Fsp3) is 0.571. The molecule has 1 aliphatic rings. The Morgan fingerprint density at radius 2 is 2.11 bits per heavy atom. The number of aryl methyl sites for hydroxylation is 1. The zero-order valence-corrected chi connectivity index (χ0v) is 11.6. The maximum atomic E-state index is 11.1. The van der Waals surface area contributed by atoms with Gasteiger partial charge in [-0.1, -0.05) is 6.07 Å². The summed E-state index contributed by atoms with van der Waals surface area (Å²) in [5.41, 5.74) is 1.21. The van der Waals surface area contributed by atoms with Gasteiger partial charge in [0.2, 0.25) is 0 Å². The maximum absolute atomic E-state index is 11.1. The highest BCUT2D eigenvalue weighted by Crippen LogP contribution is 2.17. The fourth-order valence-corrected chi connectivity index (χ4v) is 2.34. The van der Waals surface area contributed by atoms with Gasteiger partial charge >= 0.3 is 5.97 Å². The molecule has 5 nitrogen and oxygen atoms in total. The molecule has 0 spiro atoms. The van der Waals surface area contributed by atoms with Crippen LogP contribution in [-0.4, -0.2) is 55.7 Å². The van der Waals surface area contributed by atoms with Crippen LogP contribution in [0.1, 0.15) is 12.0 Å². The van der Waals surface area contributed by atoms with Gasteiger partial charge in [0.1, 0.15) is 5.82 Å². The van der Waals surface area contributed by atoms with E-state index < -0.39 is 0 Å². The van der Waals surface area contributed by atoms with Gasteiger partial charge in [0.05, 0.1) is 13.5 Å². The van der Waals surface area contributed by atoms with E-state index in [1.807, 2.05) is 12.3 Å². The lowest BCUT2D eigenvalue weighted by atomic mass is 10.2. The Bertz CT molecular complexity index is 428. The Labute approximate surface area is 114 Å². The van der Waals surface area contributed by atoms with Gasteiger partial charge in [-0.25, -0.2) is 4.98 Å². The summed E-state index contributed by atoms with van der Waals surface area (Å²) in [4.78, 5) is 20.2. The Morgan fingerprint density at radius 3 is 2.74 bits per heavy atom. The molecular formula is C14H21N3O2. The number of esters is 1. The van der Waals surface area contributed by atoms with Crippen LogP contribution in [0.15, 0.2) is 18.3 Å². The molecule has 0 N–H and O–H groups in total. The summed E-state index contributed by atoms with van der Waals surface area (Å²) in [7, 11) is 1.43. The first kappa shape index (κ1) is 13.8. The molecular weight excluding hydrogens is 242 g/mol. The molecule has 1 aromatic heterocycles. The number of ether oxygens (including phenoxy) is 1. The predicted octanol–water partition coefficient (Wildman–Crippen LogP) is 1.08. The predicted molar refractivity (Wildman–Crippen MR) is 74.3 cm³/mol. The minimum absolute atomic E-state index is 0.136. The number of methoxy groups -OCH3 is 1. The van der Waals surface area contributed by atoms with Gasteiger partial charge in [-0.2, -0.15) is 0 Å². The minimum atomic E-state index is -0.136. The molecule has 2 rings (SSSR count). The Hall–Kier alpha value is -1.62. The van der Waals surface area contributed by atoms with Crippen molar-refractivity contribution >= 4 is 11.8 Å². The average molecular weight is 263 g/mol. The monoisotopic (exact) mass is 263 g/mol. The van der Waals surface area contributed by atoms with Gasteiger partial charge in [-0.3, -0.25) is 9.69 Å². The number of carbonyl (C=O) groups is 1. The van der Waals surface area contributed by atoms with E-state index in [4.69, 9.17) is 0 Å². The van der Waals surface area contributed by atoms with E-state index in [-0.39, 0.29) is 5.97 Å². The minimum Gasteiger partial charge on any atom is -0.469 e. The molecule has 19 heavy (non-hydrogen) atoms. The first-order valence-electron chi connectivity index (χ1n) is 6.66. The van der Waals surface area contributed by atoms with E-state index in [1.165, 1.54) is 12.7 Å². The van der Waals surface area contributed by atoms with Crippen LogP contribution in [0.5, 0.6) is 0 Å². The summed E-state index contributed by atoms with van der Waals surface area (Å²) < 4.78 is 4.66. The number of nitrogens with zero attached hydrogens (tertiary/aromatic N) is 3. The van der Waals surface area contributed by atoms with Crippen LogP contribution in [0.3, 0.4) is 0 Å². The fourth-order valence-electron chi connectivity index (χ4n) is 2.34. The molecule has 0 aromatic carbocycles. The van der Waals surface area contributed by atoms with Crippen molar-refractivity contribution < 1.29 is 9.53 Å². The third kappa shape index (κ3) is 3.67. The third-order valence-corrected chi connectivity index (χ3v) is 3.51. The maximum Gasteiger partial charge on any atom is 0.306 e. The summed E-state index contributed by atoms with van der Waals surface area (Å²) in [6.45, 7) is 6.71. The summed E-state index contributed by atoms with van der Waals surface area (Å²) in [6.07, 6.45) is 2.31. The number of hydrogen-bond donors (Lipinski definition) is 0. The normalized spacial score (nSPS) is 16.4. The molecule has 5 heteroatoms. The highest BCUT2D eigenvalue weighted by Gasteiger charge is 2.19. The molecule has 0 aliphatic carbocycles. The molecule has 2 heterocycles. The average Bonchev–Trinajstić information content (AvgIpc) is 2.46.